The third-order valence-corrected chi connectivity index (χ3v) is 7.07. The summed E-state index contributed by atoms with van der Waals surface area (Å²) in [5.74, 6) is 0.942. The first-order valence-electron chi connectivity index (χ1n) is 13.7. The summed E-state index contributed by atoms with van der Waals surface area (Å²) in [5, 5.41) is 4.74. The Labute approximate surface area is 220 Å². The molecule has 1 fully saturated rings. The molecule has 3 rings (SSSR count). The fourth-order valence-corrected chi connectivity index (χ4v) is 4.90. The molecule has 1 aromatic heterocycles. The number of aromatic nitrogens is 2. The molecule has 2 aromatic rings. The zero-order valence-electron chi connectivity index (χ0n) is 21.9. The second-order valence-electron chi connectivity index (χ2n) is 9.75. The fourth-order valence-electron chi connectivity index (χ4n) is 4.71. The Morgan fingerprint density at radius 3 is 2.64 bits per heavy atom. The predicted octanol–water partition coefficient (Wildman–Crippen LogP) is 6.82. The highest BCUT2D eigenvalue weighted by Crippen LogP contribution is 2.31. The summed E-state index contributed by atoms with van der Waals surface area (Å²) in [4.78, 5) is 34.6. The summed E-state index contributed by atoms with van der Waals surface area (Å²) in [6.07, 6.45) is 11.9. The van der Waals surface area contributed by atoms with Gasteiger partial charge in [0.1, 0.15) is 6.04 Å². The third-order valence-electron chi connectivity index (χ3n) is 6.84. The smallest absolute Gasteiger partial charge is 0.249 e. The van der Waals surface area contributed by atoms with E-state index >= 15 is 0 Å². The molecule has 2 heterocycles. The monoisotopic (exact) mass is 516 g/mol. The van der Waals surface area contributed by atoms with Crippen LogP contribution in [0.4, 0.5) is 0 Å². The summed E-state index contributed by atoms with van der Waals surface area (Å²) < 4.78 is 5.61. The van der Waals surface area contributed by atoms with Crippen LogP contribution in [0.3, 0.4) is 0 Å². The van der Waals surface area contributed by atoms with Crippen LogP contribution >= 0.6 is 11.6 Å². The van der Waals surface area contributed by atoms with Crippen LogP contribution in [0.25, 0.3) is 11.4 Å². The van der Waals surface area contributed by atoms with E-state index in [0.29, 0.717) is 36.2 Å². The van der Waals surface area contributed by atoms with Gasteiger partial charge < -0.3 is 14.3 Å². The molecule has 1 unspecified atom stereocenters. The lowest BCUT2D eigenvalue weighted by Crippen LogP contribution is -2.46. The van der Waals surface area contributed by atoms with Crippen LogP contribution in [0.1, 0.15) is 103 Å². The van der Waals surface area contributed by atoms with E-state index in [1.807, 2.05) is 17.0 Å². The molecule has 198 valence electrons. The van der Waals surface area contributed by atoms with E-state index < -0.39 is 0 Å². The van der Waals surface area contributed by atoms with E-state index in [9.17, 15) is 9.59 Å². The Balaban J connectivity index is 1.63. The second kappa shape index (κ2) is 15.0. The number of hydrogen-bond donors (Lipinski definition) is 0. The summed E-state index contributed by atoms with van der Waals surface area (Å²) >= 11 is 6.11. The lowest BCUT2D eigenvalue weighted by atomic mass is 10.0. The molecule has 0 aliphatic carbocycles. The van der Waals surface area contributed by atoms with Crippen molar-refractivity contribution in [3.63, 3.8) is 0 Å². The van der Waals surface area contributed by atoms with Crippen molar-refractivity contribution in [3.8, 4) is 11.4 Å². The van der Waals surface area contributed by atoms with Gasteiger partial charge in [0.05, 0.1) is 6.54 Å². The normalized spacial score (nSPS) is 15.8. The molecule has 8 heteroatoms. The number of rotatable bonds is 14. The molecule has 36 heavy (non-hydrogen) atoms. The molecule has 0 bridgehead atoms. The van der Waals surface area contributed by atoms with Crippen LogP contribution in [0.15, 0.2) is 28.8 Å². The highest BCUT2D eigenvalue weighted by atomic mass is 35.5. The fraction of sp³-hybridized carbons (Fsp3) is 0.643. The van der Waals surface area contributed by atoms with Crippen LogP contribution in [0, 0.1) is 0 Å². The van der Waals surface area contributed by atoms with Crippen molar-refractivity contribution < 1.29 is 14.1 Å². The van der Waals surface area contributed by atoms with Gasteiger partial charge in [0.15, 0.2) is 0 Å². The van der Waals surface area contributed by atoms with Crippen LogP contribution in [0.2, 0.25) is 5.02 Å². The first kappa shape index (κ1) is 28.2. The number of amides is 2. The topological polar surface area (TPSA) is 79.5 Å². The molecule has 7 nitrogen and oxygen atoms in total. The van der Waals surface area contributed by atoms with Gasteiger partial charge in [0.2, 0.25) is 23.5 Å². The number of carbonyl (C=O) groups excluding carboxylic acids is 2. The summed E-state index contributed by atoms with van der Waals surface area (Å²) in [6, 6.07) is 7.04. The third kappa shape index (κ3) is 8.32. The van der Waals surface area contributed by atoms with Crippen molar-refractivity contribution in [1.29, 1.82) is 0 Å². The zero-order valence-corrected chi connectivity index (χ0v) is 22.6. The SMILES string of the molecule is CCCCCCCCC(=O)N(CCCC)CC(=O)N1CCCCC1c1nc(-c2cccc(Cl)c2)no1. The molecule has 2 amide bonds. The van der Waals surface area contributed by atoms with Gasteiger partial charge in [-0.1, -0.05) is 81.3 Å². The second-order valence-corrected chi connectivity index (χ2v) is 10.2. The van der Waals surface area contributed by atoms with E-state index in [0.717, 1.165) is 50.5 Å². The number of benzene rings is 1. The molecule has 0 saturated carbocycles. The lowest BCUT2D eigenvalue weighted by molar-refractivity contribution is -0.143. The Morgan fingerprint density at radius 2 is 1.86 bits per heavy atom. The van der Waals surface area contributed by atoms with Crippen LogP contribution in [-0.4, -0.2) is 51.4 Å². The summed E-state index contributed by atoms with van der Waals surface area (Å²) in [7, 11) is 0. The van der Waals surface area contributed by atoms with Gasteiger partial charge in [-0.2, -0.15) is 4.98 Å². The van der Waals surface area contributed by atoms with E-state index in [2.05, 4.69) is 24.0 Å². The Kier molecular flexibility index (Phi) is 11.7. The van der Waals surface area contributed by atoms with Gasteiger partial charge >= 0.3 is 0 Å². The largest absolute Gasteiger partial charge is 0.337 e. The molecule has 0 N–H and O–H groups in total. The lowest BCUT2D eigenvalue weighted by Gasteiger charge is -2.35. The van der Waals surface area contributed by atoms with Crippen molar-refractivity contribution in [3.05, 3.63) is 35.2 Å². The average Bonchev–Trinajstić information content (AvgIpc) is 3.38. The maximum Gasteiger partial charge on any atom is 0.249 e. The number of likely N-dealkylation sites (tertiary alicyclic amines) is 1. The van der Waals surface area contributed by atoms with Crippen molar-refractivity contribution in [2.75, 3.05) is 19.6 Å². The minimum Gasteiger partial charge on any atom is -0.337 e. The molecule has 1 aliphatic rings. The van der Waals surface area contributed by atoms with Crippen molar-refractivity contribution >= 4 is 23.4 Å². The van der Waals surface area contributed by atoms with Gasteiger partial charge in [-0.05, 0) is 44.2 Å². The quantitative estimate of drug-likeness (QED) is 0.257. The van der Waals surface area contributed by atoms with E-state index in [1.54, 1.807) is 17.0 Å². The van der Waals surface area contributed by atoms with Crippen molar-refractivity contribution in [2.24, 2.45) is 0 Å². The molecular formula is C28H41ClN4O3. The van der Waals surface area contributed by atoms with Crippen LogP contribution in [-0.2, 0) is 9.59 Å². The minimum atomic E-state index is -0.270. The van der Waals surface area contributed by atoms with Gasteiger partial charge in [-0.3, -0.25) is 9.59 Å². The Bertz CT molecular complexity index is 964. The zero-order chi connectivity index (χ0) is 25.8. The number of nitrogens with zero attached hydrogens (tertiary/aromatic N) is 4. The van der Waals surface area contributed by atoms with Crippen molar-refractivity contribution in [1.82, 2.24) is 19.9 Å². The highest BCUT2D eigenvalue weighted by Gasteiger charge is 2.33. The predicted molar refractivity (Wildman–Crippen MR) is 143 cm³/mol. The molecule has 1 aromatic carbocycles. The first-order valence-corrected chi connectivity index (χ1v) is 14.1. The van der Waals surface area contributed by atoms with Crippen LogP contribution in [0.5, 0.6) is 0 Å². The summed E-state index contributed by atoms with van der Waals surface area (Å²) in [6.45, 7) is 5.67. The highest BCUT2D eigenvalue weighted by molar-refractivity contribution is 6.30. The molecule has 1 saturated heterocycles. The summed E-state index contributed by atoms with van der Waals surface area (Å²) in [5.41, 5.74) is 0.775. The number of piperidine rings is 1. The molecule has 1 aliphatic heterocycles. The van der Waals surface area contributed by atoms with Crippen molar-refractivity contribution in [2.45, 2.75) is 96.9 Å². The van der Waals surface area contributed by atoms with E-state index in [4.69, 9.17) is 16.1 Å². The van der Waals surface area contributed by atoms with E-state index in [-0.39, 0.29) is 24.4 Å². The van der Waals surface area contributed by atoms with E-state index in [1.165, 1.54) is 25.7 Å². The maximum absolute atomic E-state index is 13.5. The Hall–Kier alpha value is -2.41. The van der Waals surface area contributed by atoms with Gasteiger partial charge in [0.25, 0.3) is 0 Å². The molecule has 0 spiro atoms. The number of halogens is 1. The molecule has 1 atom stereocenters. The average molecular weight is 517 g/mol. The Morgan fingerprint density at radius 1 is 1.08 bits per heavy atom. The first-order chi connectivity index (χ1) is 17.5. The number of unbranched alkanes of at least 4 members (excludes halogenated alkanes) is 6. The molecule has 0 radical (unpaired) electrons. The van der Waals surface area contributed by atoms with Gasteiger partial charge in [-0.15, -0.1) is 0 Å². The van der Waals surface area contributed by atoms with Gasteiger partial charge in [0, 0.05) is 30.1 Å². The minimum absolute atomic E-state index is 0.0467. The maximum atomic E-state index is 13.5. The molecular weight excluding hydrogens is 476 g/mol. The number of carbonyl (C=O) groups is 2. The standard InChI is InChI=1S/C28H41ClN4O3/c1-3-5-7-8-9-10-17-25(34)32(18-6-4-2)21-26(35)33-19-12-11-16-24(33)28-30-27(31-36-28)22-14-13-15-23(29)20-22/h13-15,20,24H,3-12,16-19,21H2,1-2H3. The van der Waals surface area contributed by atoms with Crippen LogP contribution < -0.4 is 0 Å². The number of hydrogen-bond acceptors (Lipinski definition) is 5. The van der Waals surface area contributed by atoms with Gasteiger partial charge in [-0.25, -0.2) is 0 Å².